The van der Waals surface area contributed by atoms with Crippen LogP contribution >= 0.6 is 0 Å². The SMILES string of the molecule is COc1ccc2c(C#N)nc(CCC(=O)O)n2c1. The largest absolute Gasteiger partial charge is 0.495 e. The molecular weight excluding hydrogens is 234 g/mol. The number of methoxy groups -OCH3 is 1. The fourth-order valence-corrected chi connectivity index (χ4v) is 1.73. The van der Waals surface area contributed by atoms with Crippen molar-refractivity contribution >= 4 is 11.5 Å². The van der Waals surface area contributed by atoms with E-state index in [1.165, 1.54) is 0 Å². The molecule has 0 fully saturated rings. The zero-order chi connectivity index (χ0) is 13.1. The molecule has 0 saturated heterocycles. The fraction of sp³-hybridized carbons (Fsp3) is 0.250. The van der Waals surface area contributed by atoms with Crippen LogP contribution in [-0.4, -0.2) is 27.6 Å². The molecule has 0 unspecified atom stereocenters. The number of carbonyl (C=O) groups is 1. The Hall–Kier alpha value is -2.55. The number of carboxylic acids is 1. The zero-order valence-electron chi connectivity index (χ0n) is 9.75. The lowest BCUT2D eigenvalue weighted by Crippen LogP contribution is -2.01. The van der Waals surface area contributed by atoms with Gasteiger partial charge in [0.1, 0.15) is 17.6 Å². The van der Waals surface area contributed by atoms with Gasteiger partial charge in [0.15, 0.2) is 5.69 Å². The molecule has 0 atom stereocenters. The third-order valence-corrected chi connectivity index (χ3v) is 2.59. The van der Waals surface area contributed by atoms with Gasteiger partial charge in [-0.1, -0.05) is 0 Å². The lowest BCUT2D eigenvalue weighted by Gasteiger charge is -2.03. The van der Waals surface area contributed by atoms with Crippen molar-refractivity contribution in [2.45, 2.75) is 12.8 Å². The van der Waals surface area contributed by atoms with E-state index in [9.17, 15) is 4.79 Å². The van der Waals surface area contributed by atoms with Crippen molar-refractivity contribution in [1.29, 1.82) is 5.26 Å². The summed E-state index contributed by atoms with van der Waals surface area (Å²) in [6.45, 7) is 0. The molecule has 2 rings (SSSR count). The molecule has 0 aliphatic heterocycles. The first-order valence-electron chi connectivity index (χ1n) is 5.32. The van der Waals surface area contributed by atoms with Crippen LogP contribution in [0, 0.1) is 11.3 Å². The van der Waals surface area contributed by atoms with Gasteiger partial charge in [0, 0.05) is 6.42 Å². The molecule has 6 heteroatoms. The Bertz CT molecular complexity index is 640. The number of aryl methyl sites for hydroxylation is 1. The number of hydrogen-bond donors (Lipinski definition) is 1. The second kappa shape index (κ2) is 4.75. The van der Waals surface area contributed by atoms with Gasteiger partial charge in [0.2, 0.25) is 0 Å². The van der Waals surface area contributed by atoms with Crippen LogP contribution in [0.4, 0.5) is 0 Å². The van der Waals surface area contributed by atoms with E-state index in [0.717, 1.165) is 0 Å². The molecule has 0 aliphatic rings. The smallest absolute Gasteiger partial charge is 0.303 e. The van der Waals surface area contributed by atoms with E-state index in [-0.39, 0.29) is 18.5 Å². The fourth-order valence-electron chi connectivity index (χ4n) is 1.73. The van der Waals surface area contributed by atoms with Gasteiger partial charge in [-0.2, -0.15) is 5.26 Å². The van der Waals surface area contributed by atoms with Crippen LogP contribution in [0.5, 0.6) is 5.75 Å². The summed E-state index contributed by atoms with van der Waals surface area (Å²) in [5.41, 5.74) is 0.941. The van der Waals surface area contributed by atoms with Gasteiger partial charge in [-0.05, 0) is 12.1 Å². The maximum absolute atomic E-state index is 10.6. The number of carboxylic acid groups (broad SMARTS) is 1. The maximum Gasteiger partial charge on any atom is 0.303 e. The second-order valence-corrected chi connectivity index (χ2v) is 3.71. The lowest BCUT2D eigenvalue weighted by atomic mass is 10.3. The molecule has 0 radical (unpaired) electrons. The minimum Gasteiger partial charge on any atom is -0.495 e. The number of ether oxygens (including phenoxy) is 1. The molecular formula is C12H11N3O3. The number of nitrogens with zero attached hydrogens (tertiary/aromatic N) is 3. The van der Waals surface area contributed by atoms with Crippen LogP contribution in [0.2, 0.25) is 0 Å². The van der Waals surface area contributed by atoms with Gasteiger partial charge in [0.25, 0.3) is 0 Å². The van der Waals surface area contributed by atoms with E-state index in [2.05, 4.69) is 4.98 Å². The highest BCUT2D eigenvalue weighted by Crippen LogP contribution is 2.18. The number of fused-ring (bicyclic) bond motifs is 1. The second-order valence-electron chi connectivity index (χ2n) is 3.71. The molecule has 0 spiro atoms. The third kappa shape index (κ3) is 2.11. The van der Waals surface area contributed by atoms with Crippen molar-refractivity contribution in [3.63, 3.8) is 0 Å². The number of hydrogen-bond acceptors (Lipinski definition) is 4. The van der Waals surface area contributed by atoms with E-state index in [0.29, 0.717) is 17.1 Å². The number of rotatable bonds is 4. The third-order valence-electron chi connectivity index (χ3n) is 2.59. The summed E-state index contributed by atoms with van der Waals surface area (Å²) in [5.74, 6) is 0.275. The highest BCUT2D eigenvalue weighted by atomic mass is 16.5. The summed E-state index contributed by atoms with van der Waals surface area (Å²) in [6, 6.07) is 5.46. The van der Waals surface area contributed by atoms with Gasteiger partial charge in [-0.15, -0.1) is 0 Å². The number of pyridine rings is 1. The predicted octanol–water partition coefficient (Wildman–Crippen LogP) is 1.23. The average Bonchev–Trinajstić information content (AvgIpc) is 2.73. The molecule has 0 bridgehead atoms. The molecule has 92 valence electrons. The van der Waals surface area contributed by atoms with Crippen LogP contribution in [0.3, 0.4) is 0 Å². The molecule has 2 aromatic rings. The summed E-state index contributed by atoms with van der Waals surface area (Å²) in [5, 5.41) is 17.7. The molecule has 2 aromatic heterocycles. The van der Waals surface area contributed by atoms with Crippen LogP contribution in [0.25, 0.3) is 5.52 Å². The molecule has 0 aromatic carbocycles. The number of aliphatic carboxylic acids is 1. The summed E-state index contributed by atoms with van der Waals surface area (Å²) in [7, 11) is 1.54. The lowest BCUT2D eigenvalue weighted by molar-refractivity contribution is -0.137. The topological polar surface area (TPSA) is 87.6 Å². The highest BCUT2D eigenvalue weighted by Gasteiger charge is 2.12. The predicted molar refractivity (Wildman–Crippen MR) is 62.4 cm³/mol. The molecule has 0 aliphatic carbocycles. The Kier molecular flexibility index (Phi) is 3.15. The minimum atomic E-state index is -0.895. The molecule has 2 heterocycles. The molecule has 18 heavy (non-hydrogen) atoms. The van der Waals surface area contributed by atoms with Crippen molar-refractivity contribution < 1.29 is 14.6 Å². The quantitative estimate of drug-likeness (QED) is 0.875. The Morgan fingerprint density at radius 1 is 1.61 bits per heavy atom. The minimum absolute atomic E-state index is 0.0266. The van der Waals surface area contributed by atoms with Gasteiger partial charge in [-0.25, -0.2) is 4.98 Å². The van der Waals surface area contributed by atoms with Gasteiger partial charge in [-0.3, -0.25) is 9.20 Å². The highest BCUT2D eigenvalue weighted by molar-refractivity contribution is 5.67. The molecule has 6 nitrogen and oxygen atoms in total. The van der Waals surface area contributed by atoms with E-state index in [1.54, 1.807) is 29.8 Å². The van der Waals surface area contributed by atoms with E-state index in [4.69, 9.17) is 15.1 Å². The Morgan fingerprint density at radius 2 is 2.39 bits per heavy atom. The van der Waals surface area contributed by atoms with Gasteiger partial charge < -0.3 is 9.84 Å². The van der Waals surface area contributed by atoms with E-state index >= 15 is 0 Å². The van der Waals surface area contributed by atoms with Crippen molar-refractivity contribution in [2.24, 2.45) is 0 Å². The average molecular weight is 245 g/mol. The molecule has 0 amide bonds. The summed E-state index contributed by atoms with van der Waals surface area (Å²) < 4.78 is 6.79. The normalized spacial score (nSPS) is 10.2. The van der Waals surface area contributed by atoms with Gasteiger partial charge in [0.05, 0.1) is 25.2 Å². The summed E-state index contributed by atoms with van der Waals surface area (Å²) in [6.07, 6.45) is 1.94. The van der Waals surface area contributed by atoms with Crippen molar-refractivity contribution in [3.8, 4) is 11.8 Å². The monoisotopic (exact) mass is 245 g/mol. The van der Waals surface area contributed by atoms with Crippen molar-refractivity contribution in [3.05, 3.63) is 29.8 Å². The van der Waals surface area contributed by atoms with Crippen LogP contribution < -0.4 is 4.74 Å². The van der Waals surface area contributed by atoms with E-state index < -0.39 is 5.97 Å². The zero-order valence-corrected chi connectivity index (χ0v) is 9.75. The van der Waals surface area contributed by atoms with Crippen LogP contribution in [0.15, 0.2) is 18.3 Å². The molecule has 0 saturated carbocycles. The first-order chi connectivity index (χ1) is 8.65. The Morgan fingerprint density at radius 3 is 3.00 bits per heavy atom. The van der Waals surface area contributed by atoms with Gasteiger partial charge >= 0.3 is 5.97 Å². The van der Waals surface area contributed by atoms with Crippen molar-refractivity contribution in [2.75, 3.05) is 7.11 Å². The number of nitriles is 1. The first-order valence-corrected chi connectivity index (χ1v) is 5.32. The number of aromatic nitrogens is 2. The standard InChI is InChI=1S/C12H11N3O3/c1-18-8-2-3-10-9(6-13)14-11(15(10)7-8)4-5-12(16)17/h2-3,7H,4-5H2,1H3,(H,16,17). The first kappa shape index (κ1) is 11.9. The maximum atomic E-state index is 10.6. The summed E-state index contributed by atoms with van der Waals surface area (Å²) >= 11 is 0. The van der Waals surface area contributed by atoms with Crippen LogP contribution in [0.1, 0.15) is 17.9 Å². The van der Waals surface area contributed by atoms with Crippen LogP contribution in [-0.2, 0) is 11.2 Å². The Balaban J connectivity index is 2.51. The Labute approximate surface area is 103 Å². The summed E-state index contributed by atoms with van der Waals surface area (Å²) in [4.78, 5) is 14.7. The van der Waals surface area contributed by atoms with Crippen molar-refractivity contribution in [1.82, 2.24) is 9.38 Å². The number of imidazole rings is 1. The van der Waals surface area contributed by atoms with E-state index in [1.807, 2.05) is 6.07 Å². The molecule has 1 N–H and O–H groups in total.